The lowest BCUT2D eigenvalue weighted by Crippen LogP contribution is -2.59. The number of aliphatic hydroxyl groups is 1. The SMILES string of the molecule is O=C1CCCCC(=O)N1C1(CO)CCOCC1. The summed E-state index contributed by atoms with van der Waals surface area (Å²) in [5, 5.41) is 9.62. The highest BCUT2D eigenvalue weighted by molar-refractivity contribution is 5.97. The van der Waals surface area contributed by atoms with Gasteiger partial charge in [-0.1, -0.05) is 0 Å². The molecule has 0 saturated carbocycles. The molecule has 2 aliphatic heterocycles. The quantitative estimate of drug-likeness (QED) is 0.713. The molecule has 5 nitrogen and oxygen atoms in total. The second-order valence-electron chi connectivity index (χ2n) is 4.82. The minimum absolute atomic E-state index is 0.136. The van der Waals surface area contributed by atoms with Crippen molar-refractivity contribution in [1.29, 1.82) is 0 Å². The molecule has 2 saturated heterocycles. The van der Waals surface area contributed by atoms with E-state index >= 15 is 0 Å². The van der Waals surface area contributed by atoms with Crippen molar-refractivity contribution in [2.24, 2.45) is 0 Å². The lowest BCUT2D eigenvalue weighted by atomic mass is 9.88. The standard InChI is InChI=1S/C12H19NO4/c14-9-12(5-7-17-8-6-12)13-10(15)3-1-2-4-11(13)16/h14H,1-9H2. The fourth-order valence-corrected chi connectivity index (χ4v) is 2.65. The van der Waals surface area contributed by atoms with Gasteiger partial charge < -0.3 is 9.84 Å². The number of amides is 2. The summed E-state index contributed by atoms with van der Waals surface area (Å²) >= 11 is 0. The summed E-state index contributed by atoms with van der Waals surface area (Å²) in [4.78, 5) is 25.4. The van der Waals surface area contributed by atoms with Crippen LogP contribution in [0, 0.1) is 0 Å². The Balaban J connectivity index is 2.25. The van der Waals surface area contributed by atoms with Gasteiger partial charge in [0, 0.05) is 26.1 Å². The Morgan fingerprint density at radius 1 is 1.12 bits per heavy atom. The van der Waals surface area contributed by atoms with Crippen LogP contribution in [0.1, 0.15) is 38.5 Å². The van der Waals surface area contributed by atoms with Crippen molar-refractivity contribution in [3.63, 3.8) is 0 Å². The first kappa shape index (κ1) is 12.5. The van der Waals surface area contributed by atoms with Crippen molar-refractivity contribution in [1.82, 2.24) is 4.90 Å². The normalized spacial score (nSPS) is 25.8. The molecule has 2 amide bonds. The van der Waals surface area contributed by atoms with Gasteiger partial charge in [-0.15, -0.1) is 0 Å². The molecule has 2 fully saturated rings. The largest absolute Gasteiger partial charge is 0.394 e. The van der Waals surface area contributed by atoms with Gasteiger partial charge in [0.2, 0.25) is 11.8 Å². The van der Waals surface area contributed by atoms with Crippen LogP contribution in [0.4, 0.5) is 0 Å². The number of nitrogens with zero attached hydrogens (tertiary/aromatic N) is 1. The summed E-state index contributed by atoms with van der Waals surface area (Å²) in [5.41, 5.74) is -0.712. The van der Waals surface area contributed by atoms with Gasteiger partial charge in [-0.05, 0) is 25.7 Å². The van der Waals surface area contributed by atoms with Crippen molar-refractivity contribution in [2.75, 3.05) is 19.8 Å². The van der Waals surface area contributed by atoms with Crippen LogP contribution in [-0.4, -0.2) is 47.2 Å². The highest BCUT2D eigenvalue weighted by atomic mass is 16.5. The first-order valence-electron chi connectivity index (χ1n) is 6.24. The van der Waals surface area contributed by atoms with Gasteiger partial charge in [0.25, 0.3) is 0 Å². The van der Waals surface area contributed by atoms with Crippen LogP contribution in [0.15, 0.2) is 0 Å². The van der Waals surface area contributed by atoms with Crippen molar-refractivity contribution in [3.05, 3.63) is 0 Å². The van der Waals surface area contributed by atoms with Crippen molar-refractivity contribution < 1.29 is 19.4 Å². The second-order valence-corrected chi connectivity index (χ2v) is 4.82. The Labute approximate surface area is 101 Å². The van der Waals surface area contributed by atoms with E-state index in [4.69, 9.17) is 4.74 Å². The van der Waals surface area contributed by atoms with Gasteiger partial charge in [-0.3, -0.25) is 14.5 Å². The maximum absolute atomic E-state index is 12.0. The third-order valence-corrected chi connectivity index (χ3v) is 3.72. The predicted octanol–water partition coefficient (Wildman–Crippen LogP) is 0.457. The third kappa shape index (κ3) is 2.35. The molecule has 5 heteroatoms. The predicted molar refractivity (Wildman–Crippen MR) is 60.2 cm³/mol. The molecule has 0 unspecified atom stereocenters. The van der Waals surface area contributed by atoms with Crippen molar-refractivity contribution in [2.45, 2.75) is 44.1 Å². The lowest BCUT2D eigenvalue weighted by molar-refractivity contribution is -0.158. The smallest absolute Gasteiger partial charge is 0.229 e. The van der Waals surface area contributed by atoms with Gasteiger partial charge in [-0.25, -0.2) is 0 Å². The van der Waals surface area contributed by atoms with E-state index in [9.17, 15) is 14.7 Å². The zero-order valence-electron chi connectivity index (χ0n) is 9.98. The molecule has 0 aromatic carbocycles. The summed E-state index contributed by atoms with van der Waals surface area (Å²) in [6, 6.07) is 0. The van der Waals surface area contributed by atoms with E-state index < -0.39 is 5.54 Å². The number of carbonyl (C=O) groups is 2. The van der Waals surface area contributed by atoms with Crippen molar-refractivity contribution >= 4 is 11.8 Å². The molecular weight excluding hydrogens is 222 g/mol. The number of rotatable bonds is 2. The monoisotopic (exact) mass is 241 g/mol. The van der Waals surface area contributed by atoms with E-state index in [0.717, 1.165) is 12.8 Å². The molecule has 1 N–H and O–H groups in total. The molecule has 2 rings (SSSR count). The zero-order chi connectivity index (χ0) is 12.3. The number of likely N-dealkylation sites (tertiary alicyclic amines) is 1. The number of hydrogen-bond donors (Lipinski definition) is 1. The lowest BCUT2D eigenvalue weighted by Gasteiger charge is -2.43. The van der Waals surface area contributed by atoms with Crippen LogP contribution >= 0.6 is 0 Å². The molecule has 0 aliphatic carbocycles. The third-order valence-electron chi connectivity index (χ3n) is 3.72. The van der Waals surface area contributed by atoms with Crippen LogP contribution in [0.2, 0.25) is 0 Å². The summed E-state index contributed by atoms with van der Waals surface area (Å²) in [6.45, 7) is 0.836. The number of aliphatic hydroxyl groups excluding tert-OH is 1. The Morgan fingerprint density at radius 3 is 2.12 bits per heavy atom. The Bertz CT molecular complexity index is 292. The van der Waals surface area contributed by atoms with Gasteiger partial charge in [-0.2, -0.15) is 0 Å². The number of ether oxygens (including phenoxy) is 1. The summed E-state index contributed by atoms with van der Waals surface area (Å²) < 4.78 is 5.26. The second kappa shape index (κ2) is 5.14. The molecule has 2 aliphatic rings. The van der Waals surface area contributed by atoms with E-state index in [0.29, 0.717) is 38.9 Å². The van der Waals surface area contributed by atoms with Crippen LogP contribution in [0.5, 0.6) is 0 Å². The highest BCUT2D eigenvalue weighted by Crippen LogP contribution is 2.31. The molecule has 0 radical (unpaired) electrons. The van der Waals surface area contributed by atoms with Crippen molar-refractivity contribution in [3.8, 4) is 0 Å². The first-order valence-corrected chi connectivity index (χ1v) is 6.24. The van der Waals surface area contributed by atoms with E-state index in [1.54, 1.807) is 0 Å². The Kier molecular flexibility index (Phi) is 3.79. The molecule has 0 atom stereocenters. The molecule has 0 aromatic heterocycles. The Morgan fingerprint density at radius 2 is 1.65 bits per heavy atom. The van der Waals surface area contributed by atoms with Crippen LogP contribution < -0.4 is 0 Å². The van der Waals surface area contributed by atoms with Gasteiger partial charge in [0.15, 0.2) is 0 Å². The molecule has 0 aromatic rings. The maximum atomic E-state index is 12.0. The molecule has 0 spiro atoms. The zero-order valence-corrected chi connectivity index (χ0v) is 9.98. The Hall–Kier alpha value is -0.940. The molecule has 17 heavy (non-hydrogen) atoms. The van der Waals surface area contributed by atoms with Gasteiger partial charge in [0.1, 0.15) is 0 Å². The van der Waals surface area contributed by atoms with Gasteiger partial charge in [0.05, 0.1) is 12.1 Å². The topological polar surface area (TPSA) is 66.8 Å². The summed E-state index contributed by atoms with van der Waals surface area (Å²) in [5.74, 6) is -0.271. The highest BCUT2D eigenvalue weighted by Gasteiger charge is 2.44. The molecular formula is C12H19NO4. The van der Waals surface area contributed by atoms with E-state index in [-0.39, 0.29) is 18.4 Å². The molecule has 0 bridgehead atoms. The van der Waals surface area contributed by atoms with Crippen LogP contribution in [0.25, 0.3) is 0 Å². The van der Waals surface area contributed by atoms with E-state index in [1.165, 1.54) is 4.90 Å². The minimum Gasteiger partial charge on any atom is -0.394 e. The molecule has 96 valence electrons. The average molecular weight is 241 g/mol. The number of carbonyl (C=O) groups excluding carboxylic acids is 2. The minimum atomic E-state index is -0.712. The van der Waals surface area contributed by atoms with E-state index in [1.807, 2.05) is 0 Å². The number of imide groups is 1. The summed E-state index contributed by atoms with van der Waals surface area (Å²) in [6.07, 6.45) is 3.43. The van der Waals surface area contributed by atoms with Crippen LogP contribution in [-0.2, 0) is 14.3 Å². The fraction of sp³-hybridized carbons (Fsp3) is 0.833. The maximum Gasteiger partial charge on any atom is 0.229 e. The fourth-order valence-electron chi connectivity index (χ4n) is 2.65. The average Bonchev–Trinajstić information content (AvgIpc) is 2.52. The number of hydrogen-bond acceptors (Lipinski definition) is 4. The first-order chi connectivity index (χ1) is 8.19. The molecule has 2 heterocycles. The van der Waals surface area contributed by atoms with E-state index in [2.05, 4.69) is 0 Å². The van der Waals surface area contributed by atoms with Crippen LogP contribution in [0.3, 0.4) is 0 Å². The summed E-state index contributed by atoms with van der Waals surface area (Å²) in [7, 11) is 0. The van der Waals surface area contributed by atoms with Gasteiger partial charge >= 0.3 is 0 Å².